The number of para-hydroxylation sites is 7. The van der Waals surface area contributed by atoms with Crippen molar-refractivity contribution in [2.75, 3.05) is 9.80 Å². The van der Waals surface area contributed by atoms with Crippen molar-refractivity contribution >= 4 is 113 Å². The van der Waals surface area contributed by atoms with Crippen molar-refractivity contribution < 1.29 is 11.0 Å². The molecule has 21 rings (SSSR count). The molecule has 5 heterocycles. The molecule has 0 atom stereocenters. The fraction of sp³-hybridized carbons (Fsp3) is 0.0103. The summed E-state index contributed by atoms with van der Waals surface area (Å²) in [4.78, 5) is 6.99. The molecule has 0 N–H and O–H groups in total. The number of aromatic nitrogens is 2. The minimum absolute atomic E-state index is 0.0114. The van der Waals surface area contributed by atoms with Crippen LogP contribution in [-0.4, -0.2) is 15.8 Å². The summed E-state index contributed by atoms with van der Waals surface area (Å²) in [6, 6.07) is 116. The zero-order valence-electron chi connectivity index (χ0n) is 63.5. The van der Waals surface area contributed by atoms with Crippen LogP contribution in [0.25, 0.3) is 99.5 Å². The van der Waals surface area contributed by atoms with Gasteiger partial charge >= 0.3 is 0 Å². The Morgan fingerprint density at radius 2 is 0.796 bits per heavy atom. The third-order valence-electron chi connectivity index (χ3n) is 21.5. The van der Waals surface area contributed by atoms with Gasteiger partial charge in [0.05, 0.1) is 55.5 Å². The largest absolute Gasteiger partial charge is 0.310 e. The lowest BCUT2D eigenvalue weighted by Gasteiger charge is -2.46. The summed E-state index contributed by atoms with van der Waals surface area (Å²) in [5.41, 5.74) is 24.4. The minimum atomic E-state index is -0.826. The van der Waals surface area contributed by atoms with Crippen LogP contribution < -0.4 is 26.2 Å². The fourth-order valence-corrected chi connectivity index (χ4v) is 18.4. The summed E-state index contributed by atoms with van der Waals surface area (Å²) in [7, 11) is 0. The molecule has 480 valence electrons. The van der Waals surface area contributed by atoms with Crippen molar-refractivity contribution in [3.63, 3.8) is 0 Å². The van der Waals surface area contributed by atoms with Crippen LogP contribution in [0.2, 0.25) is 0 Å². The van der Waals surface area contributed by atoms with Gasteiger partial charge in [0.25, 0.3) is 0 Å². The molecule has 0 spiro atoms. The monoisotopic (exact) mass is 1330 g/mol. The molecule has 3 aliphatic rings. The SMILES string of the molecule is [2H]c1c([2H])c([2H])c2c(c1[2H])c1c([2H])c([2H])c([2H])c([2H])c1n2-c1ccc2c(c1)N(c1c(-c3ccccc3)cccc1-c1ccccc1)c1cc(-c3ccc4c(c3)C(c3ccccc3)(c3ccccc3)c3ccccc3N4c3ccccc3)cc3c1B2c1ccc(-c2ccc(-n4c5ccccc5c5ccccc54)cc2)cc1S3. The lowest BCUT2D eigenvalue weighted by molar-refractivity contribution is 0.731. The van der Waals surface area contributed by atoms with Gasteiger partial charge in [0.1, 0.15) is 0 Å². The molecular weight excluding hydrogens is 1260 g/mol. The Morgan fingerprint density at radius 3 is 1.45 bits per heavy atom. The zero-order chi connectivity index (χ0) is 74.7. The van der Waals surface area contributed by atoms with E-state index in [0.717, 1.165) is 144 Å². The molecule has 103 heavy (non-hydrogen) atoms. The van der Waals surface area contributed by atoms with Crippen LogP contribution >= 0.6 is 11.8 Å². The predicted octanol–water partition coefficient (Wildman–Crippen LogP) is 23.5. The Balaban J connectivity index is 0.863. The van der Waals surface area contributed by atoms with E-state index in [9.17, 15) is 8.22 Å². The van der Waals surface area contributed by atoms with E-state index >= 15 is 0 Å². The van der Waals surface area contributed by atoms with Crippen molar-refractivity contribution in [3.05, 3.63) is 404 Å². The molecule has 0 radical (unpaired) electrons. The molecule has 4 nitrogen and oxygen atoms in total. The van der Waals surface area contributed by atoms with E-state index < -0.39 is 48.4 Å². The molecule has 0 unspecified atom stereocenters. The number of benzene rings is 16. The first-order valence-electron chi connectivity index (χ1n) is 38.9. The van der Waals surface area contributed by atoms with E-state index in [1.807, 2.05) is 18.2 Å². The smallest absolute Gasteiger partial charge is 0.249 e. The first-order chi connectivity index (χ1) is 54.4. The maximum Gasteiger partial charge on any atom is 0.249 e. The van der Waals surface area contributed by atoms with Crippen molar-refractivity contribution in [2.24, 2.45) is 0 Å². The van der Waals surface area contributed by atoms with Gasteiger partial charge in [-0.15, -0.1) is 0 Å². The zero-order valence-corrected chi connectivity index (χ0v) is 56.3. The standard InChI is InChI=1S/C97H63BN4S/c1-6-27-65(28-7-1)75-41-26-42-76(66-29-8-2-9-30-66)96(75)102-91-63-74(101-87-46-23-18-39-79(87)80-40-19-24-47-88(80)101)55-57-83(91)98-84-56-51-68(64-49-53-73(54-50-64)99-85-44-21-16-37-77(85)78-38-17-22-45-86(78)99)61-93(84)103-94-62-69(60-92(102)95(94)98)67-52-58-90-82(59-67)97(70-31-10-3-11-32-70,71-33-12-4-13-34-71)81-43-20-25-48-89(81)100(90)72-35-14-5-15-36-72/h1-63H/i18D,19D,23D,24D,39D,40D,46D,47D. The number of hydrogen-bond acceptors (Lipinski definition) is 3. The number of fused-ring (bicyclic) bond motifs is 12. The molecule has 0 fully saturated rings. The van der Waals surface area contributed by atoms with Crippen LogP contribution in [0.3, 0.4) is 0 Å². The Kier molecular flexibility index (Phi) is 11.8. The molecule has 16 aromatic carbocycles. The summed E-state index contributed by atoms with van der Waals surface area (Å²) in [5, 5.41) is 2.43. The van der Waals surface area contributed by atoms with Crippen molar-refractivity contribution in [1.29, 1.82) is 0 Å². The summed E-state index contributed by atoms with van der Waals surface area (Å²) < 4.78 is 79.2. The second-order valence-corrected chi connectivity index (χ2v) is 27.9. The Hall–Kier alpha value is -12.9. The highest BCUT2D eigenvalue weighted by molar-refractivity contribution is 8.00. The normalized spacial score (nSPS) is 14.3. The van der Waals surface area contributed by atoms with Crippen LogP contribution in [0.1, 0.15) is 33.2 Å². The highest BCUT2D eigenvalue weighted by atomic mass is 32.2. The summed E-state index contributed by atoms with van der Waals surface area (Å²) >= 11 is 1.78. The number of rotatable bonds is 10. The summed E-state index contributed by atoms with van der Waals surface area (Å²) in [6.45, 7) is -0.396. The van der Waals surface area contributed by atoms with Crippen molar-refractivity contribution in [2.45, 2.75) is 15.2 Å². The number of hydrogen-bond donors (Lipinski definition) is 0. The molecule has 0 aliphatic carbocycles. The lowest BCUT2D eigenvalue weighted by atomic mass is 9.34. The number of nitrogens with zero attached hydrogens (tertiary/aromatic N) is 4. The summed E-state index contributed by atoms with van der Waals surface area (Å²) in [5.74, 6) is 0. The number of anilines is 6. The lowest BCUT2D eigenvalue weighted by Crippen LogP contribution is -2.59. The molecular formula is C97H63BN4S. The van der Waals surface area contributed by atoms with Gasteiger partial charge in [0.15, 0.2) is 0 Å². The third kappa shape index (κ3) is 9.07. The van der Waals surface area contributed by atoms with Gasteiger partial charge in [-0.3, -0.25) is 0 Å². The van der Waals surface area contributed by atoms with Gasteiger partial charge in [0, 0.05) is 70.9 Å². The van der Waals surface area contributed by atoms with Crippen LogP contribution in [0.15, 0.2) is 392 Å². The van der Waals surface area contributed by atoms with Gasteiger partial charge in [-0.2, -0.15) is 0 Å². The highest BCUT2D eigenvalue weighted by Crippen LogP contribution is 2.59. The van der Waals surface area contributed by atoms with Gasteiger partial charge < -0.3 is 18.9 Å². The van der Waals surface area contributed by atoms with E-state index in [4.69, 9.17) is 2.74 Å². The van der Waals surface area contributed by atoms with Gasteiger partial charge in [0.2, 0.25) is 6.71 Å². The third-order valence-corrected chi connectivity index (χ3v) is 22.6. The van der Waals surface area contributed by atoms with E-state index in [-0.39, 0.29) is 33.9 Å². The molecule has 18 aromatic rings. The van der Waals surface area contributed by atoms with Gasteiger partial charge in [-0.1, -0.05) is 302 Å². The average Bonchev–Trinajstić information content (AvgIpc) is 1.46. The fourth-order valence-electron chi connectivity index (χ4n) is 17.1. The van der Waals surface area contributed by atoms with E-state index in [1.165, 1.54) is 10.8 Å². The second-order valence-electron chi connectivity index (χ2n) is 26.8. The predicted molar refractivity (Wildman–Crippen MR) is 433 cm³/mol. The Bertz CT molecular complexity index is 6690. The molecule has 0 amide bonds. The topological polar surface area (TPSA) is 16.3 Å². The van der Waals surface area contributed by atoms with E-state index in [0.29, 0.717) is 5.69 Å². The Labute approximate surface area is 614 Å². The molecule has 0 bridgehead atoms. The quantitative estimate of drug-likeness (QED) is 0.127. The minimum Gasteiger partial charge on any atom is -0.310 e. The van der Waals surface area contributed by atoms with Crippen molar-refractivity contribution in [3.8, 4) is 55.9 Å². The average molecular weight is 1340 g/mol. The highest BCUT2D eigenvalue weighted by Gasteiger charge is 2.48. The summed E-state index contributed by atoms with van der Waals surface area (Å²) in [6.07, 6.45) is 0. The molecule has 6 heteroatoms. The Morgan fingerprint density at radius 1 is 0.291 bits per heavy atom. The first-order valence-corrected chi connectivity index (χ1v) is 35.7. The first kappa shape index (κ1) is 51.3. The van der Waals surface area contributed by atoms with E-state index in [1.54, 1.807) is 16.3 Å². The van der Waals surface area contributed by atoms with Crippen LogP contribution in [0.4, 0.5) is 34.1 Å². The van der Waals surface area contributed by atoms with Gasteiger partial charge in [-0.05, 0) is 164 Å². The molecule has 0 saturated carbocycles. The van der Waals surface area contributed by atoms with Crippen LogP contribution in [0.5, 0.6) is 0 Å². The van der Waals surface area contributed by atoms with E-state index in [2.05, 4.69) is 330 Å². The van der Waals surface area contributed by atoms with Crippen molar-refractivity contribution in [1.82, 2.24) is 9.13 Å². The van der Waals surface area contributed by atoms with Crippen LogP contribution in [0, 0.1) is 0 Å². The maximum absolute atomic E-state index is 9.79. The second kappa shape index (κ2) is 23.6. The molecule has 0 saturated heterocycles. The van der Waals surface area contributed by atoms with Gasteiger partial charge in [-0.25, -0.2) is 0 Å². The maximum atomic E-state index is 9.79. The van der Waals surface area contributed by atoms with Crippen LogP contribution in [-0.2, 0) is 5.41 Å². The molecule has 3 aliphatic heterocycles. The molecule has 2 aromatic heterocycles.